The molecule has 0 saturated carbocycles. The summed E-state index contributed by atoms with van der Waals surface area (Å²) in [5.41, 5.74) is 9.54. The Morgan fingerprint density at radius 2 is 2.50 bits per heavy atom. The molecule has 0 amide bonds. The zero-order chi connectivity index (χ0) is 7.40. The first-order valence-electron chi connectivity index (χ1n) is 2.78. The molecule has 1 aromatic rings. The highest BCUT2D eigenvalue weighted by atomic mass is 15.1. The van der Waals surface area contributed by atoms with Gasteiger partial charge in [0.25, 0.3) is 0 Å². The maximum atomic E-state index is 8.04. The van der Waals surface area contributed by atoms with Gasteiger partial charge in [0, 0.05) is 4.91 Å². The third kappa shape index (κ3) is 1.41. The molecule has 48 valence electrons. The van der Waals surface area contributed by atoms with Crippen LogP contribution < -0.4 is 0 Å². The first-order valence-corrected chi connectivity index (χ1v) is 2.78. The van der Waals surface area contributed by atoms with Gasteiger partial charge in [-0.2, -0.15) is 0 Å². The highest BCUT2D eigenvalue weighted by Crippen LogP contribution is 2.08. The molecular weight excluding hydrogens is 126 g/mol. The average Bonchev–Trinajstić information content (AvgIpc) is 1.88. The van der Waals surface area contributed by atoms with Crippen LogP contribution in [0.2, 0.25) is 0 Å². The Morgan fingerprint density at radius 3 is 3.10 bits per heavy atom. The predicted octanol–water partition coefficient (Wildman–Crippen LogP) is 2.54. The molecule has 0 heterocycles. The second-order valence-electron chi connectivity index (χ2n) is 1.88. The SMILES string of the molecule is Cc1cc#cc(N=[N+]=[N-])c1. The highest BCUT2D eigenvalue weighted by Gasteiger charge is 1.83. The van der Waals surface area contributed by atoms with Crippen LogP contribution in [0.3, 0.4) is 0 Å². The van der Waals surface area contributed by atoms with E-state index in [1.807, 2.05) is 6.92 Å². The molecule has 0 N–H and O–H groups in total. The molecule has 0 unspecified atom stereocenters. The molecule has 0 aliphatic carbocycles. The molecule has 3 heteroatoms. The van der Waals surface area contributed by atoms with Crippen LogP contribution in [-0.4, -0.2) is 0 Å². The number of aryl methyl sites for hydroxylation is 1. The summed E-state index contributed by atoms with van der Waals surface area (Å²) in [5, 5.41) is 3.36. The normalized spacial score (nSPS) is 7.70. The Hall–Kier alpha value is -1.65. The Balaban J connectivity index is 3.06. The van der Waals surface area contributed by atoms with Crippen LogP contribution in [0, 0.1) is 19.1 Å². The van der Waals surface area contributed by atoms with Crippen molar-refractivity contribution < 1.29 is 0 Å². The monoisotopic (exact) mass is 131 g/mol. The van der Waals surface area contributed by atoms with Crippen LogP contribution in [-0.2, 0) is 0 Å². The van der Waals surface area contributed by atoms with Gasteiger partial charge in [0.15, 0.2) is 0 Å². The van der Waals surface area contributed by atoms with E-state index in [0.717, 1.165) is 5.56 Å². The second-order valence-corrected chi connectivity index (χ2v) is 1.88. The molecule has 0 bridgehead atoms. The average molecular weight is 131 g/mol. The van der Waals surface area contributed by atoms with Crippen molar-refractivity contribution in [3.63, 3.8) is 0 Å². The fourth-order valence-electron chi connectivity index (χ4n) is 0.619. The van der Waals surface area contributed by atoms with Gasteiger partial charge in [0.05, 0.1) is 5.69 Å². The van der Waals surface area contributed by atoms with E-state index in [2.05, 4.69) is 22.2 Å². The number of rotatable bonds is 1. The largest absolute Gasteiger partial charge is 0.0883 e. The van der Waals surface area contributed by atoms with E-state index in [9.17, 15) is 0 Å². The van der Waals surface area contributed by atoms with Gasteiger partial charge in [-0.15, -0.1) is 0 Å². The first kappa shape index (κ1) is 6.47. The summed E-state index contributed by atoms with van der Waals surface area (Å²) in [7, 11) is 0. The summed E-state index contributed by atoms with van der Waals surface area (Å²) >= 11 is 0. The third-order valence-electron chi connectivity index (χ3n) is 1.02. The van der Waals surface area contributed by atoms with E-state index in [1.165, 1.54) is 0 Å². The van der Waals surface area contributed by atoms with Gasteiger partial charge in [-0.05, 0) is 30.2 Å². The predicted molar refractivity (Wildman–Crippen MR) is 37.7 cm³/mol. The molecule has 0 aromatic heterocycles. The van der Waals surface area contributed by atoms with Crippen molar-refractivity contribution >= 4 is 5.69 Å². The van der Waals surface area contributed by atoms with Gasteiger partial charge in [-0.1, -0.05) is 17.2 Å². The van der Waals surface area contributed by atoms with Gasteiger partial charge >= 0.3 is 0 Å². The molecule has 0 fully saturated rings. The van der Waals surface area contributed by atoms with Crippen molar-refractivity contribution in [1.82, 2.24) is 0 Å². The minimum atomic E-state index is 0.488. The van der Waals surface area contributed by atoms with Crippen molar-refractivity contribution in [2.24, 2.45) is 5.11 Å². The lowest BCUT2D eigenvalue weighted by Gasteiger charge is -1.85. The molecule has 0 spiro atoms. The van der Waals surface area contributed by atoms with Gasteiger partial charge in [-0.25, -0.2) is 0 Å². The van der Waals surface area contributed by atoms with Gasteiger partial charge in [0.2, 0.25) is 0 Å². The number of hydrogen-bond acceptors (Lipinski definition) is 1. The quantitative estimate of drug-likeness (QED) is 0.319. The standard InChI is InChI=1S/C7H5N3/c1-6-3-2-4-7(5-6)9-10-8/h3,5H,1H3. The van der Waals surface area contributed by atoms with Gasteiger partial charge in [0.1, 0.15) is 0 Å². The third-order valence-corrected chi connectivity index (χ3v) is 1.02. The van der Waals surface area contributed by atoms with Crippen molar-refractivity contribution in [2.75, 3.05) is 0 Å². The van der Waals surface area contributed by atoms with E-state index in [0.29, 0.717) is 5.69 Å². The Kier molecular flexibility index (Phi) is 1.79. The summed E-state index contributed by atoms with van der Waals surface area (Å²) in [6.07, 6.45) is 0. The fraction of sp³-hybridized carbons (Fsp3) is 0.143. The molecule has 3 nitrogen and oxygen atoms in total. The zero-order valence-corrected chi connectivity index (χ0v) is 5.50. The minimum absolute atomic E-state index is 0.488. The molecule has 0 saturated heterocycles. The maximum absolute atomic E-state index is 8.04. The summed E-state index contributed by atoms with van der Waals surface area (Å²) in [4.78, 5) is 2.62. The summed E-state index contributed by atoms with van der Waals surface area (Å²) in [5.74, 6) is 0. The number of azide groups is 1. The summed E-state index contributed by atoms with van der Waals surface area (Å²) in [6.45, 7) is 1.90. The van der Waals surface area contributed by atoms with Crippen LogP contribution >= 0.6 is 0 Å². The van der Waals surface area contributed by atoms with Gasteiger partial charge in [-0.3, -0.25) is 0 Å². The molecule has 1 rings (SSSR count). The number of hydrogen-bond donors (Lipinski definition) is 0. The number of nitrogens with zero attached hydrogens (tertiary/aromatic N) is 3. The Morgan fingerprint density at radius 1 is 1.70 bits per heavy atom. The van der Waals surface area contributed by atoms with Crippen LogP contribution in [0.5, 0.6) is 0 Å². The minimum Gasteiger partial charge on any atom is -0.0695 e. The van der Waals surface area contributed by atoms with E-state index in [1.54, 1.807) is 12.1 Å². The van der Waals surface area contributed by atoms with Crippen LogP contribution in [0.4, 0.5) is 5.69 Å². The lowest BCUT2D eigenvalue weighted by Crippen LogP contribution is -1.64. The topological polar surface area (TPSA) is 48.8 Å². The van der Waals surface area contributed by atoms with Crippen molar-refractivity contribution in [1.29, 1.82) is 0 Å². The van der Waals surface area contributed by atoms with Crippen LogP contribution in [0.25, 0.3) is 10.4 Å². The lowest BCUT2D eigenvalue weighted by molar-refractivity contribution is 1.42. The van der Waals surface area contributed by atoms with Crippen molar-refractivity contribution in [2.45, 2.75) is 6.92 Å². The van der Waals surface area contributed by atoms with Crippen LogP contribution in [0.15, 0.2) is 17.2 Å². The van der Waals surface area contributed by atoms with E-state index < -0.39 is 0 Å². The van der Waals surface area contributed by atoms with E-state index in [4.69, 9.17) is 5.53 Å². The second kappa shape index (κ2) is 2.77. The van der Waals surface area contributed by atoms with Crippen LogP contribution in [0.1, 0.15) is 5.56 Å². The fourth-order valence-corrected chi connectivity index (χ4v) is 0.619. The zero-order valence-electron chi connectivity index (χ0n) is 5.50. The van der Waals surface area contributed by atoms with Crippen molar-refractivity contribution in [3.8, 4) is 0 Å². The first-order chi connectivity index (χ1) is 4.83. The molecule has 10 heavy (non-hydrogen) atoms. The molecule has 0 atom stereocenters. The van der Waals surface area contributed by atoms with Crippen molar-refractivity contribution in [3.05, 3.63) is 40.3 Å². The summed E-state index contributed by atoms with van der Waals surface area (Å²) in [6, 6.07) is 8.91. The molecule has 0 radical (unpaired) electrons. The summed E-state index contributed by atoms with van der Waals surface area (Å²) < 4.78 is 0. The maximum Gasteiger partial charge on any atom is 0.0883 e. The lowest BCUT2D eigenvalue weighted by atomic mass is 10.2. The Labute approximate surface area is 58.9 Å². The van der Waals surface area contributed by atoms with E-state index >= 15 is 0 Å². The molecule has 0 aliphatic rings. The highest BCUT2D eigenvalue weighted by molar-refractivity contribution is 5.34. The molecular formula is C7H5N3. The Bertz CT molecular complexity index is 274. The van der Waals surface area contributed by atoms with E-state index in [-0.39, 0.29) is 0 Å². The van der Waals surface area contributed by atoms with Gasteiger partial charge < -0.3 is 0 Å². The molecule has 1 aromatic carbocycles. The molecule has 0 aliphatic heterocycles. The smallest absolute Gasteiger partial charge is 0.0695 e.